The van der Waals surface area contributed by atoms with Crippen molar-refractivity contribution < 1.29 is 45.9 Å². The summed E-state index contributed by atoms with van der Waals surface area (Å²) in [6.07, 6.45) is 3.75. The average molecular weight is 718 g/mol. The summed E-state index contributed by atoms with van der Waals surface area (Å²) in [6.45, 7) is 3.65. The SMILES string of the molecule is COc1cc(-c2c(-c3ccccc3)noc2C)ccc1C(N)=O.Cc1onc(-c2ccccc2)c1-c1ccc(C(N)=O)c(O)c1.[Cl-].c1cc[nH+]cc1. The van der Waals surface area contributed by atoms with Crippen LogP contribution in [0.25, 0.3) is 44.8 Å². The van der Waals surface area contributed by atoms with E-state index < -0.39 is 11.8 Å². The number of nitrogens with two attached hydrogens (primary N) is 2. The number of hydrogen-bond acceptors (Lipinski definition) is 8. The van der Waals surface area contributed by atoms with E-state index in [0.717, 1.165) is 33.5 Å². The third-order valence-corrected chi connectivity index (χ3v) is 7.73. The maximum Gasteiger partial charge on any atom is 0.252 e. The average Bonchev–Trinajstić information content (AvgIpc) is 3.75. The predicted molar refractivity (Wildman–Crippen MR) is 192 cm³/mol. The Morgan fingerprint density at radius 3 is 1.46 bits per heavy atom. The predicted octanol–water partition coefficient (Wildman–Crippen LogP) is 4.05. The third-order valence-electron chi connectivity index (χ3n) is 7.73. The van der Waals surface area contributed by atoms with Gasteiger partial charge in [0.1, 0.15) is 34.4 Å². The molecule has 6 N–H and O–H groups in total. The van der Waals surface area contributed by atoms with E-state index in [2.05, 4.69) is 15.3 Å². The largest absolute Gasteiger partial charge is 1.00 e. The van der Waals surface area contributed by atoms with Crippen molar-refractivity contribution >= 4 is 11.8 Å². The van der Waals surface area contributed by atoms with Crippen LogP contribution in [-0.4, -0.2) is 34.3 Å². The maximum absolute atomic E-state index is 11.4. The lowest BCUT2D eigenvalue weighted by Crippen LogP contribution is -3.00. The molecule has 0 radical (unpaired) electrons. The Balaban J connectivity index is 0.000000197. The van der Waals surface area contributed by atoms with Crippen molar-refractivity contribution in [1.82, 2.24) is 10.3 Å². The topological polar surface area (TPSA) is 182 Å². The third kappa shape index (κ3) is 8.89. The number of aromatic amines is 1. The van der Waals surface area contributed by atoms with Crippen LogP contribution in [0, 0.1) is 13.8 Å². The van der Waals surface area contributed by atoms with Crippen LogP contribution in [0.4, 0.5) is 0 Å². The quantitative estimate of drug-likeness (QED) is 0.221. The molecular formula is C40H36ClN5O6. The number of nitrogens with one attached hydrogen (secondary N) is 1. The summed E-state index contributed by atoms with van der Waals surface area (Å²) in [7, 11) is 1.50. The van der Waals surface area contributed by atoms with E-state index in [-0.39, 0.29) is 23.7 Å². The van der Waals surface area contributed by atoms with Crippen molar-refractivity contribution in [1.29, 1.82) is 0 Å². The zero-order valence-corrected chi connectivity index (χ0v) is 29.3. The summed E-state index contributed by atoms with van der Waals surface area (Å²) in [4.78, 5) is 25.5. The molecular weight excluding hydrogens is 682 g/mol. The molecule has 0 saturated carbocycles. The van der Waals surface area contributed by atoms with Crippen LogP contribution in [0.1, 0.15) is 32.2 Å². The molecule has 0 atom stereocenters. The first kappa shape index (κ1) is 38.1. The molecule has 4 aromatic carbocycles. The van der Waals surface area contributed by atoms with Gasteiger partial charge in [-0.1, -0.05) is 89.2 Å². The van der Waals surface area contributed by atoms with Crippen molar-refractivity contribution in [3.8, 4) is 56.3 Å². The first-order chi connectivity index (χ1) is 24.7. The monoisotopic (exact) mass is 717 g/mol. The van der Waals surface area contributed by atoms with E-state index >= 15 is 0 Å². The number of rotatable bonds is 7. The number of methoxy groups -OCH3 is 1. The fourth-order valence-corrected chi connectivity index (χ4v) is 5.30. The van der Waals surface area contributed by atoms with Gasteiger partial charge in [-0.05, 0) is 49.2 Å². The molecule has 3 aromatic heterocycles. The number of carbonyl (C=O) groups is 2. The number of primary amides is 2. The number of amides is 2. The van der Waals surface area contributed by atoms with E-state index in [1.807, 2.05) is 104 Å². The van der Waals surface area contributed by atoms with Gasteiger partial charge in [0.25, 0.3) is 11.8 Å². The molecule has 12 heteroatoms. The van der Waals surface area contributed by atoms with Gasteiger partial charge in [0.2, 0.25) is 0 Å². The number of nitrogens with zero attached hydrogens (tertiary/aromatic N) is 2. The minimum Gasteiger partial charge on any atom is -1.00 e. The molecule has 0 aliphatic carbocycles. The Morgan fingerprint density at radius 1 is 0.635 bits per heavy atom. The second-order valence-electron chi connectivity index (χ2n) is 11.1. The van der Waals surface area contributed by atoms with E-state index in [1.54, 1.807) is 25.1 Å². The first-order valence-corrected chi connectivity index (χ1v) is 15.8. The molecule has 0 aliphatic heterocycles. The van der Waals surface area contributed by atoms with Crippen LogP contribution in [0.2, 0.25) is 0 Å². The molecule has 7 rings (SSSR count). The molecule has 0 spiro atoms. The fraction of sp³-hybridized carbons (Fsp3) is 0.0750. The first-order valence-electron chi connectivity index (χ1n) is 15.8. The number of aromatic nitrogens is 3. The number of phenols is 1. The summed E-state index contributed by atoms with van der Waals surface area (Å²) in [6, 6.07) is 35.2. The normalized spacial score (nSPS) is 10.1. The number of aromatic hydroxyl groups is 1. The Morgan fingerprint density at radius 2 is 1.08 bits per heavy atom. The van der Waals surface area contributed by atoms with Gasteiger partial charge in [-0.25, -0.2) is 4.98 Å². The van der Waals surface area contributed by atoms with Gasteiger partial charge in [0.15, 0.2) is 12.4 Å². The van der Waals surface area contributed by atoms with E-state index in [1.165, 1.54) is 19.2 Å². The number of H-pyrrole nitrogens is 1. The van der Waals surface area contributed by atoms with Crippen LogP contribution in [0.5, 0.6) is 11.5 Å². The van der Waals surface area contributed by atoms with Crippen LogP contribution >= 0.6 is 0 Å². The van der Waals surface area contributed by atoms with Crippen molar-refractivity contribution in [3.63, 3.8) is 0 Å². The highest BCUT2D eigenvalue weighted by atomic mass is 35.5. The Kier molecular flexibility index (Phi) is 13.0. The van der Waals surface area contributed by atoms with Gasteiger partial charge in [-0.3, -0.25) is 9.59 Å². The highest BCUT2D eigenvalue weighted by Gasteiger charge is 2.20. The number of pyridine rings is 1. The van der Waals surface area contributed by atoms with E-state index in [4.69, 9.17) is 25.3 Å². The Hall–Kier alpha value is -6.72. The molecule has 3 heterocycles. The van der Waals surface area contributed by atoms with Gasteiger partial charge in [0, 0.05) is 23.3 Å². The van der Waals surface area contributed by atoms with Crippen LogP contribution in [0.3, 0.4) is 0 Å². The molecule has 7 aromatic rings. The standard InChI is InChI=1S/C18H16N2O3.C17H14N2O3.C5H5N.ClH/c1-11-16(17(20-23-11)12-6-4-3-5-7-12)13-8-9-14(18(19)21)15(10-13)22-2;1-10-15(12-7-8-13(17(18)21)14(20)9-12)16(19-22-10)11-5-3-2-4-6-11;1-2-4-6-5-3-1;/h3-10H,1-2H3,(H2,19,21);2-9,20H,1H3,(H2,18,21);1-5H;1H. The van der Waals surface area contributed by atoms with Crippen LogP contribution < -0.4 is 33.6 Å². The van der Waals surface area contributed by atoms with Gasteiger partial charge < -0.3 is 42.8 Å². The molecule has 264 valence electrons. The van der Waals surface area contributed by atoms with Crippen LogP contribution in [-0.2, 0) is 0 Å². The lowest BCUT2D eigenvalue weighted by Gasteiger charge is -2.09. The maximum atomic E-state index is 11.4. The summed E-state index contributed by atoms with van der Waals surface area (Å²) in [5.41, 5.74) is 17.5. The second kappa shape index (κ2) is 17.8. The summed E-state index contributed by atoms with van der Waals surface area (Å²) < 4.78 is 16.0. The van der Waals surface area contributed by atoms with E-state index in [0.29, 0.717) is 34.1 Å². The highest BCUT2D eigenvalue weighted by molar-refractivity contribution is 5.97. The van der Waals surface area contributed by atoms with Crippen molar-refractivity contribution in [2.75, 3.05) is 7.11 Å². The minimum atomic E-state index is -0.672. The van der Waals surface area contributed by atoms with Gasteiger partial charge in [-0.15, -0.1) is 0 Å². The molecule has 0 aliphatic rings. The summed E-state index contributed by atoms with van der Waals surface area (Å²) >= 11 is 0. The molecule has 0 fully saturated rings. The lowest BCUT2D eigenvalue weighted by atomic mass is 9.98. The number of ether oxygens (including phenoxy) is 1. The fourth-order valence-electron chi connectivity index (χ4n) is 5.30. The summed E-state index contributed by atoms with van der Waals surface area (Å²) in [5, 5.41) is 18.2. The van der Waals surface area contributed by atoms with Gasteiger partial charge in [0.05, 0.1) is 29.4 Å². The zero-order chi connectivity index (χ0) is 36.3. The number of carbonyl (C=O) groups excluding carboxylic acids is 2. The van der Waals surface area contributed by atoms with Gasteiger partial charge >= 0.3 is 0 Å². The minimum absolute atomic E-state index is 0. The Labute approximate surface area is 306 Å². The second-order valence-corrected chi connectivity index (χ2v) is 11.1. The number of benzene rings is 4. The Bertz CT molecular complexity index is 2210. The molecule has 11 nitrogen and oxygen atoms in total. The van der Waals surface area contributed by atoms with Crippen molar-refractivity contribution in [2.45, 2.75) is 13.8 Å². The van der Waals surface area contributed by atoms with Gasteiger partial charge in [-0.2, -0.15) is 0 Å². The van der Waals surface area contributed by atoms with E-state index in [9.17, 15) is 14.7 Å². The van der Waals surface area contributed by atoms with Crippen LogP contribution in [0.15, 0.2) is 137 Å². The smallest absolute Gasteiger partial charge is 0.252 e. The zero-order valence-electron chi connectivity index (χ0n) is 28.5. The molecule has 52 heavy (non-hydrogen) atoms. The number of aryl methyl sites for hydroxylation is 2. The molecule has 0 saturated heterocycles. The molecule has 0 unspecified atom stereocenters. The van der Waals surface area contributed by atoms with Crippen molar-refractivity contribution in [2.24, 2.45) is 11.5 Å². The number of halogens is 1. The molecule has 2 amide bonds. The lowest BCUT2D eigenvalue weighted by molar-refractivity contribution is -0.377. The molecule has 0 bridgehead atoms. The number of hydrogen-bond donors (Lipinski definition) is 3. The highest BCUT2D eigenvalue weighted by Crippen LogP contribution is 2.37. The van der Waals surface area contributed by atoms with Crippen molar-refractivity contribution in [3.05, 3.63) is 150 Å². The summed E-state index contributed by atoms with van der Waals surface area (Å²) in [5.74, 6) is 0.384.